The minimum atomic E-state index is -1.05. The van der Waals surface area contributed by atoms with E-state index in [2.05, 4.69) is 0 Å². The second kappa shape index (κ2) is 8.30. The third-order valence-corrected chi connectivity index (χ3v) is 5.64. The smallest absolute Gasteiger partial charge is 0.339 e. The van der Waals surface area contributed by atoms with Crippen molar-refractivity contribution in [3.63, 3.8) is 0 Å². The molecule has 1 saturated heterocycles. The van der Waals surface area contributed by atoms with E-state index in [1.807, 2.05) is 12.1 Å². The van der Waals surface area contributed by atoms with Crippen molar-refractivity contribution in [2.75, 3.05) is 13.1 Å². The predicted molar refractivity (Wildman–Crippen MR) is 99.5 cm³/mol. The number of thioether (sulfide) groups is 1. The molecule has 7 nitrogen and oxygen atoms in total. The van der Waals surface area contributed by atoms with Crippen molar-refractivity contribution in [3.05, 3.63) is 53.5 Å². The zero-order chi connectivity index (χ0) is 19.4. The maximum absolute atomic E-state index is 13.0. The van der Waals surface area contributed by atoms with Crippen LogP contribution in [0.25, 0.3) is 0 Å². The highest BCUT2D eigenvalue weighted by Crippen LogP contribution is 2.29. The largest absolute Gasteiger partial charge is 0.478 e. The molecule has 27 heavy (non-hydrogen) atoms. The lowest BCUT2D eigenvalue weighted by Gasteiger charge is -2.31. The van der Waals surface area contributed by atoms with Crippen LogP contribution in [0.5, 0.6) is 0 Å². The summed E-state index contributed by atoms with van der Waals surface area (Å²) in [5.74, 6) is -1.25. The van der Waals surface area contributed by atoms with Crippen molar-refractivity contribution in [2.45, 2.75) is 23.5 Å². The lowest BCUT2D eigenvalue weighted by Crippen LogP contribution is -2.44. The zero-order valence-corrected chi connectivity index (χ0v) is 15.4. The Kier molecular flexibility index (Phi) is 5.85. The van der Waals surface area contributed by atoms with Gasteiger partial charge in [0.2, 0.25) is 5.91 Å². The summed E-state index contributed by atoms with van der Waals surface area (Å²) in [6.45, 7) is 0.914. The van der Waals surface area contributed by atoms with Gasteiger partial charge in [-0.25, -0.2) is 4.79 Å². The minimum Gasteiger partial charge on any atom is -0.478 e. The number of amides is 2. The number of primary amides is 1. The molecule has 3 N–H and O–H groups in total. The van der Waals surface area contributed by atoms with Crippen molar-refractivity contribution in [3.8, 4) is 0 Å². The molecule has 2 aromatic rings. The fourth-order valence-corrected chi connectivity index (χ4v) is 4.12. The van der Waals surface area contributed by atoms with E-state index in [-0.39, 0.29) is 23.3 Å². The monoisotopic (exact) mass is 388 g/mol. The quantitative estimate of drug-likeness (QED) is 0.735. The summed E-state index contributed by atoms with van der Waals surface area (Å²) in [6, 6.07) is 8.56. The van der Waals surface area contributed by atoms with Gasteiger partial charge in [0.1, 0.15) is 11.3 Å². The van der Waals surface area contributed by atoms with Gasteiger partial charge in [-0.1, -0.05) is 12.1 Å². The van der Waals surface area contributed by atoms with Gasteiger partial charge in [0.25, 0.3) is 5.91 Å². The normalized spacial score (nSPS) is 16.9. The average Bonchev–Trinajstić information content (AvgIpc) is 3.15. The van der Waals surface area contributed by atoms with E-state index < -0.39 is 5.97 Å². The highest BCUT2D eigenvalue weighted by molar-refractivity contribution is 7.98. The van der Waals surface area contributed by atoms with Gasteiger partial charge in [0.15, 0.2) is 0 Å². The average molecular weight is 388 g/mol. The van der Waals surface area contributed by atoms with E-state index in [0.29, 0.717) is 36.6 Å². The molecule has 1 atom stereocenters. The Hall–Kier alpha value is -2.74. The second-order valence-corrected chi connectivity index (χ2v) is 7.36. The highest BCUT2D eigenvalue weighted by Gasteiger charge is 2.28. The molecule has 0 bridgehead atoms. The van der Waals surface area contributed by atoms with E-state index in [9.17, 15) is 14.4 Å². The Bertz CT molecular complexity index is 863. The molecule has 2 amide bonds. The van der Waals surface area contributed by atoms with Crippen LogP contribution in [0.2, 0.25) is 0 Å². The van der Waals surface area contributed by atoms with E-state index in [4.69, 9.17) is 15.3 Å². The van der Waals surface area contributed by atoms with E-state index in [1.165, 1.54) is 24.1 Å². The number of nitrogens with two attached hydrogens (primary N) is 1. The molecule has 0 spiro atoms. The molecule has 1 aromatic carbocycles. The number of nitrogens with zero attached hydrogens (tertiary/aromatic N) is 1. The Morgan fingerprint density at radius 3 is 2.74 bits per heavy atom. The van der Waals surface area contributed by atoms with Gasteiger partial charge < -0.3 is 20.2 Å². The van der Waals surface area contributed by atoms with Crippen molar-refractivity contribution in [1.82, 2.24) is 4.90 Å². The first kappa shape index (κ1) is 19.0. The predicted octanol–water partition coefficient (Wildman–Crippen LogP) is 2.61. The summed E-state index contributed by atoms with van der Waals surface area (Å²) in [7, 11) is 0. The summed E-state index contributed by atoms with van der Waals surface area (Å²) in [5, 5.41) is 9.17. The Morgan fingerprint density at radius 2 is 2.00 bits per heavy atom. The van der Waals surface area contributed by atoms with Gasteiger partial charge in [0.05, 0.1) is 23.5 Å². The molecule has 1 aliphatic rings. The van der Waals surface area contributed by atoms with E-state index >= 15 is 0 Å². The number of carbonyl (C=O) groups is 3. The number of carboxylic acids is 1. The Balaban J connectivity index is 1.75. The lowest BCUT2D eigenvalue weighted by atomic mass is 9.97. The molecule has 1 fully saturated rings. The number of furan rings is 1. The number of likely N-dealkylation sites (tertiary alicyclic amines) is 1. The van der Waals surface area contributed by atoms with Gasteiger partial charge in [-0.05, 0) is 31.0 Å². The Morgan fingerprint density at radius 1 is 1.22 bits per heavy atom. The first-order chi connectivity index (χ1) is 13.0. The summed E-state index contributed by atoms with van der Waals surface area (Å²) in [5.41, 5.74) is 6.04. The molecule has 0 radical (unpaired) electrons. The van der Waals surface area contributed by atoms with E-state index in [0.717, 1.165) is 11.3 Å². The third kappa shape index (κ3) is 4.33. The lowest BCUT2D eigenvalue weighted by molar-refractivity contribution is -0.123. The number of carboxylic acid groups (broad SMARTS) is 1. The molecule has 142 valence electrons. The third-order valence-electron chi connectivity index (χ3n) is 4.56. The van der Waals surface area contributed by atoms with Crippen LogP contribution in [-0.4, -0.2) is 40.9 Å². The maximum Gasteiger partial charge on any atom is 0.339 e. The highest BCUT2D eigenvalue weighted by atomic mass is 32.2. The van der Waals surface area contributed by atoms with Crippen molar-refractivity contribution < 1.29 is 23.9 Å². The van der Waals surface area contributed by atoms with Crippen LogP contribution in [0.1, 0.15) is 39.3 Å². The first-order valence-electron chi connectivity index (χ1n) is 8.57. The fraction of sp³-hybridized carbons (Fsp3) is 0.316. The van der Waals surface area contributed by atoms with Crippen molar-refractivity contribution in [2.24, 2.45) is 11.7 Å². The number of benzene rings is 1. The topological polar surface area (TPSA) is 114 Å². The van der Waals surface area contributed by atoms with Gasteiger partial charge in [0, 0.05) is 18.0 Å². The number of hydrogen-bond donors (Lipinski definition) is 2. The number of rotatable bonds is 6. The standard InChI is InChI=1S/C19H20N2O5S/c20-17(22)12-4-3-8-21(10-12)18(23)14-5-1-2-6-16(14)27-11-15-13(19(24)25)7-9-26-15/h1-2,5-7,9,12H,3-4,8,10-11H2,(H2,20,22)(H,24,25). The van der Waals surface area contributed by atoms with Gasteiger partial charge >= 0.3 is 5.97 Å². The van der Waals surface area contributed by atoms with Crippen molar-refractivity contribution in [1.29, 1.82) is 0 Å². The van der Waals surface area contributed by atoms with Gasteiger partial charge in [-0.2, -0.15) is 0 Å². The van der Waals surface area contributed by atoms with Crippen LogP contribution in [0.3, 0.4) is 0 Å². The first-order valence-corrected chi connectivity index (χ1v) is 9.56. The van der Waals surface area contributed by atoms with Crippen LogP contribution in [0.4, 0.5) is 0 Å². The van der Waals surface area contributed by atoms with E-state index in [1.54, 1.807) is 17.0 Å². The zero-order valence-electron chi connectivity index (χ0n) is 14.6. The summed E-state index contributed by atoms with van der Waals surface area (Å²) in [4.78, 5) is 38.0. The number of carbonyl (C=O) groups excluding carboxylic acids is 2. The number of aromatic carboxylic acids is 1. The summed E-state index contributed by atoms with van der Waals surface area (Å²) < 4.78 is 5.26. The molecule has 0 aliphatic carbocycles. The number of piperidine rings is 1. The summed E-state index contributed by atoms with van der Waals surface area (Å²) >= 11 is 1.34. The summed E-state index contributed by atoms with van der Waals surface area (Å²) in [6.07, 6.45) is 2.78. The molecule has 3 rings (SSSR count). The van der Waals surface area contributed by atoms with Crippen molar-refractivity contribution >= 4 is 29.5 Å². The minimum absolute atomic E-state index is 0.117. The van der Waals surface area contributed by atoms with Gasteiger partial charge in [-0.15, -0.1) is 11.8 Å². The second-order valence-electron chi connectivity index (χ2n) is 6.34. The van der Waals surface area contributed by atoms with Crippen LogP contribution < -0.4 is 5.73 Å². The molecule has 1 aliphatic heterocycles. The molecule has 0 saturated carbocycles. The van der Waals surface area contributed by atoms with Crippen LogP contribution in [0.15, 0.2) is 45.9 Å². The Labute approximate surface area is 160 Å². The molecule has 2 heterocycles. The van der Waals surface area contributed by atoms with Crippen LogP contribution in [-0.2, 0) is 10.5 Å². The molecule has 1 aromatic heterocycles. The molecule has 8 heteroatoms. The maximum atomic E-state index is 13.0. The molecular formula is C19H20N2O5S. The SMILES string of the molecule is NC(=O)C1CCCN(C(=O)c2ccccc2SCc2occc2C(=O)O)C1. The molecule has 1 unspecified atom stereocenters. The molecular weight excluding hydrogens is 368 g/mol. The number of hydrogen-bond acceptors (Lipinski definition) is 5. The van der Waals surface area contributed by atoms with Crippen LogP contribution >= 0.6 is 11.8 Å². The van der Waals surface area contributed by atoms with Crippen LogP contribution in [0, 0.1) is 5.92 Å². The fourth-order valence-electron chi connectivity index (χ4n) is 3.12. The van der Waals surface area contributed by atoms with Gasteiger partial charge in [-0.3, -0.25) is 9.59 Å².